The van der Waals surface area contributed by atoms with E-state index in [9.17, 15) is 10.2 Å². The summed E-state index contributed by atoms with van der Waals surface area (Å²) < 4.78 is 24.1. The van der Waals surface area contributed by atoms with Gasteiger partial charge >= 0.3 is 0 Å². The molecule has 1 spiro atoms. The summed E-state index contributed by atoms with van der Waals surface area (Å²) in [5.74, 6) is 7.87. The van der Waals surface area contributed by atoms with Crippen LogP contribution in [0.25, 0.3) is 0 Å². The number of hydrogen-bond donors (Lipinski definition) is 2. The van der Waals surface area contributed by atoms with Crippen LogP contribution < -0.4 is 0 Å². The van der Waals surface area contributed by atoms with E-state index >= 15 is 0 Å². The van der Waals surface area contributed by atoms with Crippen LogP contribution in [0.15, 0.2) is 11.1 Å². The molecule has 0 aromatic rings. The first-order valence-electron chi connectivity index (χ1n) is 20.1. The van der Waals surface area contributed by atoms with Crippen LogP contribution in [0.3, 0.4) is 0 Å². The van der Waals surface area contributed by atoms with E-state index in [4.69, 9.17) is 18.9 Å². The molecular weight excluding hydrogens is 602 g/mol. The summed E-state index contributed by atoms with van der Waals surface area (Å²) in [5, 5.41) is 25.0. The zero-order valence-corrected chi connectivity index (χ0v) is 30.0. The second-order valence-electron chi connectivity index (χ2n) is 17.6. The molecule has 2 N–H and O–H groups in total. The van der Waals surface area contributed by atoms with E-state index in [0.717, 1.165) is 76.9 Å². The highest BCUT2D eigenvalue weighted by molar-refractivity contribution is 5.39. The Bertz CT molecular complexity index is 1250. The van der Waals surface area contributed by atoms with Gasteiger partial charge < -0.3 is 34.1 Å². The first-order chi connectivity index (χ1) is 23.2. The van der Waals surface area contributed by atoms with Gasteiger partial charge in [0.15, 0.2) is 12.1 Å². The molecule has 7 unspecified atom stereocenters. The molecule has 0 bridgehead atoms. The zero-order valence-electron chi connectivity index (χ0n) is 30.0. The number of aliphatic hydroxyl groups is 2. The summed E-state index contributed by atoms with van der Waals surface area (Å²) in [6.45, 7) is 4.71. The Morgan fingerprint density at radius 1 is 0.812 bits per heavy atom. The summed E-state index contributed by atoms with van der Waals surface area (Å²) in [6, 6.07) is 1.44. The summed E-state index contributed by atoms with van der Waals surface area (Å²) in [5.41, 5.74) is 0.792. The van der Waals surface area contributed by atoms with Crippen molar-refractivity contribution in [2.24, 2.45) is 29.1 Å². The van der Waals surface area contributed by atoms with E-state index in [-0.39, 0.29) is 11.7 Å². The van der Waals surface area contributed by atoms with E-state index in [0.29, 0.717) is 56.0 Å². The molecule has 0 aromatic heterocycles. The third-order valence-electron chi connectivity index (χ3n) is 15.2. The van der Waals surface area contributed by atoms with Gasteiger partial charge in [-0.15, -0.1) is 0 Å². The lowest BCUT2D eigenvalue weighted by molar-refractivity contribution is -0.208. The van der Waals surface area contributed by atoms with Crippen LogP contribution >= 0.6 is 0 Å². The Balaban J connectivity index is 1.07. The van der Waals surface area contributed by atoms with Gasteiger partial charge in [0, 0.05) is 36.9 Å². The predicted molar refractivity (Wildman–Crippen MR) is 185 cm³/mol. The van der Waals surface area contributed by atoms with E-state index < -0.39 is 17.0 Å². The monoisotopic (exact) mass is 665 g/mol. The highest BCUT2D eigenvalue weighted by atomic mass is 16.7. The van der Waals surface area contributed by atoms with E-state index in [1.807, 2.05) is 0 Å². The maximum absolute atomic E-state index is 12.5. The van der Waals surface area contributed by atoms with Gasteiger partial charge in [0.25, 0.3) is 0 Å². The fourth-order valence-electron chi connectivity index (χ4n) is 12.6. The molecule has 2 saturated heterocycles. The minimum Gasteiger partial charge on any atom is -0.385 e. The molecule has 48 heavy (non-hydrogen) atoms. The van der Waals surface area contributed by atoms with E-state index in [2.05, 4.69) is 30.7 Å². The lowest BCUT2D eigenvalue weighted by atomic mass is 9.48. The van der Waals surface area contributed by atoms with Crippen LogP contribution in [0.1, 0.15) is 135 Å². The first-order valence-corrected chi connectivity index (χ1v) is 20.1. The molecule has 8 rings (SSSR count). The highest BCUT2D eigenvalue weighted by Gasteiger charge is 2.65. The van der Waals surface area contributed by atoms with Gasteiger partial charge in [0.05, 0.1) is 18.8 Å². The first kappa shape index (κ1) is 34.1. The molecule has 0 radical (unpaired) electrons. The Hall–Kier alpha value is -0.980. The van der Waals surface area contributed by atoms with Gasteiger partial charge in [0.1, 0.15) is 12.2 Å². The average Bonchev–Trinajstić information content (AvgIpc) is 3.67. The van der Waals surface area contributed by atoms with Gasteiger partial charge in [0.2, 0.25) is 0 Å². The maximum Gasteiger partial charge on any atom is 0.171 e. The van der Waals surface area contributed by atoms with Crippen LogP contribution in [-0.2, 0) is 18.9 Å². The van der Waals surface area contributed by atoms with Crippen molar-refractivity contribution in [1.82, 2.24) is 4.90 Å². The fraction of sp³-hybridized carbons (Fsp3) is 0.902. The van der Waals surface area contributed by atoms with Crippen LogP contribution in [0.4, 0.5) is 0 Å². The summed E-state index contributed by atoms with van der Waals surface area (Å²) >= 11 is 0. The molecule has 0 amide bonds. The molecule has 5 saturated carbocycles. The lowest BCUT2D eigenvalue weighted by Crippen LogP contribution is -2.56. The normalized spacial score (nSPS) is 44.6. The maximum atomic E-state index is 12.5. The van der Waals surface area contributed by atoms with Crippen molar-refractivity contribution in [2.75, 3.05) is 33.5 Å². The number of rotatable bonds is 5. The molecule has 7 fully saturated rings. The quantitative estimate of drug-likeness (QED) is 0.245. The number of hydrogen-bond acceptors (Lipinski definition) is 7. The Morgan fingerprint density at radius 2 is 1.56 bits per heavy atom. The molecule has 2 aliphatic heterocycles. The summed E-state index contributed by atoms with van der Waals surface area (Å²) in [7, 11) is 2.40. The van der Waals surface area contributed by atoms with Gasteiger partial charge in [-0.05, 0) is 133 Å². The predicted octanol–water partition coefficient (Wildman–Crippen LogP) is 6.89. The summed E-state index contributed by atoms with van der Waals surface area (Å²) in [4.78, 5) is 2.76. The van der Waals surface area contributed by atoms with Crippen LogP contribution in [0.2, 0.25) is 0 Å². The zero-order chi connectivity index (χ0) is 33.0. The number of allylic oxidation sites excluding steroid dienone is 1. The SMILES string of the molecule is CN(C1CCCCC1)C1CCC(C2CC3(C)C(CCC3(O)C#CCOC3CCCCO3)C3CCC4(O)CC5(CCC4=C23)OCCO5)CC1. The minimum absolute atomic E-state index is 0.161. The Labute approximate surface area is 289 Å². The van der Waals surface area contributed by atoms with Crippen LogP contribution in [0, 0.1) is 40.9 Å². The van der Waals surface area contributed by atoms with Crippen molar-refractivity contribution in [1.29, 1.82) is 0 Å². The van der Waals surface area contributed by atoms with Crippen molar-refractivity contribution in [2.45, 2.75) is 171 Å². The summed E-state index contributed by atoms with van der Waals surface area (Å²) in [6.07, 6.45) is 21.6. The number of fused-ring (bicyclic) bond motifs is 4. The third-order valence-corrected chi connectivity index (χ3v) is 15.2. The van der Waals surface area contributed by atoms with Gasteiger partial charge in [-0.1, -0.05) is 43.6 Å². The Morgan fingerprint density at radius 3 is 2.31 bits per heavy atom. The molecule has 7 atom stereocenters. The van der Waals surface area contributed by atoms with Crippen molar-refractivity contribution in [3.8, 4) is 11.8 Å². The molecule has 6 aliphatic carbocycles. The van der Waals surface area contributed by atoms with Crippen molar-refractivity contribution in [3.05, 3.63) is 11.1 Å². The van der Waals surface area contributed by atoms with Crippen molar-refractivity contribution in [3.63, 3.8) is 0 Å². The van der Waals surface area contributed by atoms with Gasteiger partial charge in [-0.25, -0.2) is 0 Å². The standard InChI is InChI=1S/C41H63NO6/c1-38-27-33(29-12-14-31(15-13-29)42(2)30-9-4-3-5-10-30)37-32(16-20-39(43)28-41(22-18-35(37)39)47-25-26-48-41)34(38)17-21-40(38,44)19-8-24-46-36-11-6-7-23-45-36/h29-34,36,43-44H,3-7,9-18,20-28H2,1-2H3. The Kier molecular flexibility index (Phi) is 9.62. The fourth-order valence-corrected chi connectivity index (χ4v) is 12.6. The van der Waals surface area contributed by atoms with Gasteiger partial charge in [-0.2, -0.15) is 0 Å². The van der Waals surface area contributed by atoms with Gasteiger partial charge in [-0.3, -0.25) is 0 Å². The third kappa shape index (κ3) is 6.06. The molecule has 8 aliphatic rings. The molecular formula is C41H63NO6. The van der Waals surface area contributed by atoms with E-state index in [1.165, 1.54) is 63.4 Å². The average molecular weight is 666 g/mol. The van der Waals surface area contributed by atoms with Crippen molar-refractivity contribution < 1.29 is 29.2 Å². The number of ether oxygens (including phenoxy) is 4. The lowest BCUT2D eigenvalue weighted by Gasteiger charge is -2.58. The molecule has 7 nitrogen and oxygen atoms in total. The highest BCUT2D eigenvalue weighted by Crippen LogP contribution is 2.67. The number of nitrogens with zero attached hydrogens (tertiary/aromatic N) is 1. The van der Waals surface area contributed by atoms with Crippen LogP contribution in [-0.4, -0.2) is 84.0 Å². The molecule has 0 aromatic carbocycles. The second-order valence-corrected chi connectivity index (χ2v) is 17.6. The largest absolute Gasteiger partial charge is 0.385 e. The van der Waals surface area contributed by atoms with Crippen LogP contribution in [0.5, 0.6) is 0 Å². The molecule has 2 heterocycles. The van der Waals surface area contributed by atoms with E-state index in [1.54, 1.807) is 5.57 Å². The minimum atomic E-state index is -1.02. The molecule has 7 heteroatoms. The van der Waals surface area contributed by atoms with Crippen molar-refractivity contribution >= 4 is 0 Å². The molecule has 268 valence electrons. The topological polar surface area (TPSA) is 80.6 Å². The smallest absolute Gasteiger partial charge is 0.171 e. The second kappa shape index (κ2) is 13.5.